The fourth-order valence-electron chi connectivity index (χ4n) is 4.23. The van der Waals surface area contributed by atoms with Crippen LogP contribution in [-0.4, -0.2) is 30.6 Å². The third-order valence-corrected chi connectivity index (χ3v) is 8.52. The van der Waals surface area contributed by atoms with Crippen LogP contribution >= 0.6 is 11.3 Å². The van der Waals surface area contributed by atoms with Gasteiger partial charge in [-0.3, -0.25) is 4.79 Å². The number of rotatable bonds is 8. The van der Waals surface area contributed by atoms with E-state index in [1.54, 1.807) is 55.0 Å². The van der Waals surface area contributed by atoms with Crippen molar-refractivity contribution in [1.29, 1.82) is 0 Å². The number of fused-ring (bicyclic) bond motifs is 1. The number of benzene rings is 3. The SMILES string of the molecule is COc1ccc(-c2ccc(S(=O)(=O)n3cc(CCC(=O)O)c4cc(-c5ccsc5)ccc43)cc2)cc1. The van der Waals surface area contributed by atoms with Crippen molar-refractivity contribution in [1.82, 2.24) is 3.97 Å². The highest BCUT2D eigenvalue weighted by atomic mass is 32.2. The summed E-state index contributed by atoms with van der Waals surface area (Å²) in [6.45, 7) is 0. The average Bonchev–Trinajstić information content (AvgIpc) is 3.56. The molecule has 0 unspecified atom stereocenters. The van der Waals surface area contributed by atoms with E-state index in [-0.39, 0.29) is 17.7 Å². The Morgan fingerprint density at radius 2 is 1.58 bits per heavy atom. The highest BCUT2D eigenvalue weighted by Crippen LogP contribution is 2.32. The summed E-state index contributed by atoms with van der Waals surface area (Å²) in [6, 6.07) is 21.9. The molecule has 0 aliphatic carbocycles. The zero-order valence-corrected chi connectivity index (χ0v) is 21.1. The van der Waals surface area contributed by atoms with Crippen LogP contribution in [0.25, 0.3) is 33.2 Å². The number of aryl methyl sites for hydroxylation is 1. The van der Waals surface area contributed by atoms with Crippen molar-refractivity contribution >= 4 is 38.2 Å². The second-order valence-corrected chi connectivity index (χ2v) is 10.9. The lowest BCUT2D eigenvalue weighted by atomic mass is 10.0. The maximum absolute atomic E-state index is 13.7. The Morgan fingerprint density at radius 3 is 2.19 bits per heavy atom. The molecule has 5 rings (SSSR count). The summed E-state index contributed by atoms with van der Waals surface area (Å²) in [7, 11) is -2.30. The molecule has 8 heteroatoms. The Kier molecular flexibility index (Phi) is 6.38. The molecule has 0 bridgehead atoms. The molecule has 0 radical (unpaired) electrons. The summed E-state index contributed by atoms with van der Waals surface area (Å²) in [6.07, 6.45) is 1.70. The third kappa shape index (κ3) is 4.53. The molecule has 0 fully saturated rings. The second kappa shape index (κ2) is 9.64. The summed E-state index contributed by atoms with van der Waals surface area (Å²) in [5, 5.41) is 14.0. The van der Waals surface area contributed by atoms with Gasteiger partial charge in [-0.15, -0.1) is 0 Å². The summed E-state index contributed by atoms with van der Waals surface area (Å²) < 4.78 is 33.8. The van der Waals surface area contributed by atoms with Crippen LogP contribution in [0.3, 0.4) is 0 Å². The number of carboxylic acid groups (broad SMARTS) is 1. The van der Waals surface area contributed by atoms with E-state index < -0.39 is 16.0 Å². The van der Waals surface area contributed by atoms with E-state index in [0.29, 0.717) is 11.1 Å². The first-order chi connectivity index (χ1) is 17.4. The maximum Gasteiger partial charge on any atom is 0.303 e. The van der Waals surface area contributed by atoms with E-state index >= 15 is 0 Å². The van der Waals surface area contributed by atoms with Crippen LogP contribution in [0, 0.1) is 0 Å². The first kappa shape index (κ1) is 23.8. The molecule has 0 saturated carbocycles. The van der Waals surface area contributed by atoms with E-state index in [4.69, 9.17) is 4.74 Å². The zero-order chi connectivity index (χ0) is 25.3. The van der Waals surface area contributed by atoms with Crippen LogP contribution in [0.5, 0.6) is 5.75 Å². The van der Waals surface area contributed by atoms with Crippen LogP contribution in [-0.2, 0) is 21.2 Å². The lowest BCUT2D eigenvalue weighted by Gasteiger charge is -2.09. The minimum Gasteiger partial charge on any atom is -0.497 e. The first-order valence-corrected chi connectivity index (χ1v) is 13.6. The van der Waals surface area contributed by atoms with Crippen LogP contribution in [0.15, 0.2) is 94.6 Å². The summed E-state index contributed by atoms with van der Waals surface area (Å²) in [5.74, 6) is -0.180. The van der Waals surface area contributed by atoms with Crippen LogP contribution < -0.4 is 4.74 Å². The summed E-state index contributed by atoms with van der Waals surface area (Å²) in [5.41, 5.74) is 5.03. The quantitative estimate of drug-likeness (QED) is 0.261. The topological polar surface area (TPSA) is 85.6 Å². The molecule has 0 atom stereocenters. The number of hydrogen-bond donors (Lipinski definition) is 1. The minimum absolute atomic E-state index is 0.0849. The predicted octanol–water partition coefficient (Wildman–Crippen LogP) is 6.30. The molecule has 5 aromatic rings. The molecule has 2 heterocycles. The number of thiophene rings is 1. The van der Waals surface area contributed by atoms with Gasteiger partial charge < -0.3 is 9.84 Å². The molecule has 2 aromatic heterocycles. The number of carboxylic acids is 1. The largest absolute Gasteiger partial charge is 0.497 e. The zero-order valence-electron chi connectivity index (χ0n) is 19.4. The van der Waals surface area contributed by atoms with Gasteiger partial charge in [0.25, 0.3) is 10.0 Å². The number of methoxy groups -OCH3 is 1. The molecule has 1 N–H and O–H groups in total. The standard InChI is InChI=1S/C28H23NO5S2/c1-34-24-8-2-19(3-9-24)20-4-10-25(11-5-20)36(32,33)29-17-22(7-13-28(30)31)26-16-21(6-12-27(26)29)23-14-15-35-18-23/h2-6,8-12,14-18H,7,13H2,1H3,(H,30,31). The molecule has 36 heavy (non-hydrogen) atoms. The molecule has 0 aliphatic rings. The summed E-state index contributed by atoms with van der Waals surface area (Å²) >= 11 is 1.58. The number of aliphatic carboxylic acids is 1. The van der Waals surface area contributed by atoms with Gasteiger partial charge in [0.1, 0.15) is 5.75 Å². The van der Waals surface area contributed by atoms with Gasteiger partial charge in [0.05, 0.1) is 17.5 Å². The molecule has 182 valence electrons. The van der Waals surface area contributed by atoms with Crippen molar-refractivity contribution in [2.45, 2.75) is 17.7 Å². The smallest absolute Gasteiger partial charge is 0.303 e. The number of hydrogen-bond acceptors (Lipinski definition) is 5. The molecular formula is C28H23NO5S2. The van der Waals surface area contributed by atoms with E-state index in [1.807, 2.05) is 53.2 Å². The highest BCUT2D eigenvalue weighted by Gasteiger charge is 2.22. The minimum atomic E-state index is -3.91. The number of carbonyl (C=O) groups is 1. The van der Waals surface area contributed by atoms with E-state index in [2.05, 4.69) is 0 Å². The maximum atomic E-state index is 13.7. The molecule has 0 amide bonds. The van der Waals surface area contributed by atoms with Crippen LogP contribution in [0.1, 0.15) is 12.0 Å². The van der Waals surface area contributed by atoms with Gasteiger partial charge in [-0.25, -0.2) is 12.4 Å². The Balaban J connectivity index is 1.55. The molecular weight excluding hydrogens is 494 g/mol. The van der Waals surface area contributed by atoms with Crippen molar-refractivity contribution < 1.29 is 23.1 Å². The molecule has 0 saturated heterocycles. The fraction of sp³-hybridized carbons (Fsp3) is 0.107. The van der Waals surface area contributed by atoms with Crippen LogP contribution in [0.4, 0.5) is 0 Å². The number of aromatic nitrogens is 1. The Bertz CT molecular complexity index is 1630. The Hall–Kier alpha value is -3.88. The monoisotopic (exact) mass is 517 g/mol. The number of ether oxygens (including phenoxy) is 1. The third-order valence-electron chi connectivity index (χ3n) is 6.15. The lowest BCUT2D eigenvalue weighted by Crippen LogP contribution is -2.11. The van der Waals surface area contributed by atoms with Gasteiger partial charge in [0, 0.05) is 18.0 Å². The molecule has 3 aromatic carbocycles. The van der Waals surface area contributed by atoms with Gasteiger partial charge in [-0.1, -0.05) is 30.3 Å². The molecule has 6 nitrogen and oxygen atoms in total. The Morgan fingerprint density at radius 1 is 0.917 bits per heavy atom. The second-order valence-electron chi connectivity index (χ2n) is 8.35. The first-order valence-electron chi connectivity index (χ1n) is 11.3. The van der Waals surface area contributed by atoms with Gasteiger partial charge in [-0.05, 0) is 87.5 Å². The van der Waals surface area contributed by atoms with Crippen molar-refractivity contribution in [2.24, 2.45) is 0 Å². The van der Waals surface area contributed by atoms with Gasteiger partial charge in [0.2, 0.25) is 0 Å². The van der Waals surface area contributed by atoms with Crippen molar-refractivity contribution in [3.05, 3.63) is 95.3 Å². The molecule has 0 aliphatic heterocycles. The number of nitrogens with zero attached hydrogens (tertiary/aromatic N) is 1. The van der Waals surface area contributed by atoms with E-state index in [0.717, 1.165) is 33.4 Å². The lowest BCUT2D eigenvalue weighted by molar-refractivity contribution is -0.136. The van der Waals surface area contributed by atoms with Gasteiger partial charge in [-0.2, -0.15) is 11.3 Å². The van der Waals surface area contributed by atoms with Crippen molar-refractivity contribution in [3.8, 4) is 28.0 Å². The normalized spacial score (nSPS) is 11.6. The van der Waals surface area contributed by atoms with Gasteiger partial charge in [0.15, 0.2) is 0 Å². The average molecular weight is 518 g/mol. The predicted molar refractivity (Wildman–Crippen MR) is 142 cm³/mol. The summed E-state index contributed by atoms with van der Waals surface area (Å²) in [4.78, 5) is 11.4. The fourth-order valence-corrected chi connectivity index (χ4v) is 6.29. The Labute approximate surface area is 213 Å². The van der Waals surface area contributed by atoms with E-state index in [9.17, 15) is 18.3 Å². The highest BCUT2D eigenvalue weighted by molar-refractivity contribution is 7.90. The van der Waals surface area contributed by atoms with Crippen molar-refractivity contribution in [2.75, 3.05) is 7.11 Å². The molecule has 0 spiro atoms. The van der Waals surface area contributed by atoms with Crippen molar-refractivity contribution in [3.63, 3.8) is 0 Å². The van der Waals surface area contributed by atoms with Crippen LogP contribution in [0.2, 0.25) is 0 Å². The van der Waals surface area contributed by atoms with Gasteiger partial charge >= 0.3 is 5.97 Å². The van der Waals surface area contributed by atoms with E-state index in [1.165, 1.54) is 3.97 Å².